The highest BCUT2D eigenvalue weighted by atomic mass is 32.1. The monoisotopic (exact) mass is 305 g/mol. The van der Waals surface area contributed by atoms with Crippen molar-refractivity contribution in [2.75, 3.05) is 13.1 Å². The minimum Gasteiger partial charge on any atom is -0.354 e. The van der Waals surface area contributed by atoms with Crippen molar-refractivity contribution in [1.82, 2.24) is 15.2 Å². The molecule has 4 nitrogen and oxygen atoms in total. The van der Waals surface area contributed by atoms with Crippen LogP contribution in [0, 0.1) is 0 Å². The first-order valence-corrected chi connectivity index (χ1v) is 9.10. The second-order valence-corrected chi connectivity index (χ2v) is 7.77. The van der Waals surface area contributed by atoms with Gasteiger partial charge in [0.05, 0.1) is 12.2 Å². The predicted molar refractivity (Wildman–Crippen MR) is 83.4 cm³/mol. The van der Waals surface area contributed by atoms with Gasteiger partial charge in [0, 0.05) is 11.4 Å². The third kappa shape index (κ3) is 2.30. The van der Waals surface area contributed by atoms with Gasteiger partial charge in [-0.2, -0.15) is 0 Å². The zero-order valence-electron chi connectivity index (χ0n) is 12.5. The summed E-state index contributed by atoms with van der Waals surface area (Å²) in [6, 6.07) is 0. The molecule has 0 saturated carbocycles. The number of amides is 1. The summed E-state index contributed by atoms with van der Waals surface area (Å²) in [5.74, 6) is 0.257. The zero-order valence-corrected chi connectivity index (χ0v) is 13.3. The molecule has 114 valence electrons. The lowest BCUT2D eigenvalue weighted by Gasteiger charge is -2.39. The Morgan fingerprint density at radius 2 is 2.05 bits per heavy atom. The normalized spacial score (nSPS) is 29.6. The van der Waals surface area contributed by atoms with Gasteiger partial charge in [-0.3, -0.25) is 9.69 Å². The van der Waals surface area contributed by atoms with E-state index in [9.17, 15) is 4.79 Å². The number of thiazole rings is 1. The van der Waals surface area contributed by atoms with Gasteiger partial charge in [0.1, 0.15) is 10.5 Å². The third-order valence-corrected chi connectivity index (χ3v) is 6.46. The molecule has 0 aromatic carbocycles. The Bertz CT molecular complexity index is 532. The van der Waals surface area contributed by atoms with Gasteiger partial charge in [-0.15, -0.1) is 11.3 Å². The largest absolute Gasteiger partial charge is 0.354 e. The van der Waals surface area contributed by atoms with Crippen molar-refractivity contribution < 1.29 is 4.79 Å². The first kappa shape index (κ1) is 13.7. The van der Waals surface area contributed by atoms with E-state index in [-0.39, 0.29) is 11.4 Å². The summed E-state index contributed by atoms with van der Waals surface area (Å²) in [6.07, 6.45) is 9.23. The summed E-state index contributed by atoms with van der Waals surface area (Å²) in [6.45, 7) is 2.75. The standard InChI is InChI=1S/C16H23N3OS/c20-15-16(7-3-9-17-15)8-4-10-19(16)11-14-18-12-5-1-2-6-13(12)21-14/h1-11H2,(H,17,20). The van der Waals surface area contributed by atoms with Crippen LogP contribution >= 0.6 is 11.3 Å². The number of hydrogen-bond acceptors (Lipinski definition) is 4. The topological polar surface area (TPSA) is 45.2 Å². The van der Waals surface area contributed by atoms with Gasteiger partial charge in [0.15, 0.2) is 0 Å². The predicted octanol–water partition coefficient (Wildman–Crippen LogP) is 2.27. The highest BCUT2D eigenvalue weighted by Crippen LogP contribution is 2.38. The lowest BCUT2D eigenvalue weighted by atomic mass is 9.86. The first-order chi connectivity index (χ1) is 10.3. The Morgan fingerprint density at radius 1 is 1.19 bits per heavy atom. The molecule has 2 aliphatic heterocycles. The molecule has 3 aliphatic rings. The molecule has 1 spiro atoms. The molecule has 4 rings (SSSR count). The van der Waals surface area contributed by atoms with E-state index in [2.05, 4.69) is 10.2 Å². The number of rotatable bonds is 2. The van der Waals surface area contributed by atoms with Gasteiger partial charge >= 0.3 is 0 Å². The molecule has 1 aromatic rings. The summed E-state index contributed by atoms with van der Waals surface area (Å²) in [4.78, 5) is 21.2. The molecule has 3 heterocycles. The van der Waals surface area contributed by atoms with Crippen LogP contribution in [0.2, 0.25) is 0 Å². The van der Waals surface area contributed by atoms with Crippen LogP contribution < -0.4 is 5.32 Å². The van der Waals surface area contributed by atoms with Crippen molar-refractivity contribution in [1.29, 1.82) is 0 Å². The fourth-order valence-corrected chi connectivity index (χ4v) is 5.37. The molecule has 5 heteroatoms. The highest BCUT2D eigenvalue weighted by Gasteiger charge is 2.48. The lowest BCUT2D eigenvalue weighted by molar-refractivity contribution is -0.134. The van der Waals surface area contributed by atoms with Crippen LogP contribution in [0.5, 0.6) is 0 Å². The summed E-state index contributed by atoms with van der Waals surface area (Å²) in [5.41, 5.74) is 1.10. The molecule has 1 amide bonds. The van der Waals surface area contributed by atoms with E-state index < -0.39 is 0 Å². The van der Waals surface area contributed by atoms with Crippen molar-refractivity contribution in [3.63, 3.8) is 0 Å². The number of hydrogen-bond donors (Lipinski definition) is 1. The second-order valence-electron chi connectivity index (χ2n) is 6.60. The Hall–Kier alpha value is -0.940. The smallest absolute Gasteiger partial charge is 0.240 e. The molecule has 1 N–H and O–H groups in total. The van der Waals surface area contributed by atoms with Gasteiger partial charge in [0.25, 0.3) is 0 Å². The van der Waals surface area contributed by atoms with Crippen molar-refractivity contribution in [2.45, 2.75) is 63.5 Å². The van der Waals surface area contributed by atoms with E-state index in [0.717, 1.165) is 51.7 Å². The molecule has 1 aliphatic carbocycles. The Balaban J connectivity index is 1.55. The first-order valence-electron chi connectivity index (χ1n) is 8.29. The van der Waals surface area contributed by atoms with Crippen LogP contribution in [0.1, 0.15) is 54.1 Å². The number of aromatic nitrogens is 1. The molecule has 2 fully saturated rings. The molecule has 1 unspecified atom stereocenters. The van der Waals surface area contributed by atoms with Gasteiger partial charge < -0.3 is 5.32 Å². The third-order valence-electron chi connectivity index (χ3n) is 5.32. The summed E-state index contributed by atoms with van der Waals surface area (Å²) >= 11 is 1.89. The maximum absolute atomic E-state index is 12.4. The highest BCUT2D eigenvalue weighted by molar-refractivity contribution is 7.11. The maximum Gasteiger partial charge on any atom is 0.240 e. The molecule has 0 bridgehead atoms. The van der Waals surface area contributed by atoms with E-state index >= 15 is 0 Å². The van der Waals surface area contributed by atoms with Gasteiger partial charge in [0.2, 0.25) is 5.91 Å². The number of likely N-dealkylation sites (tertiary alicyclic amines) is 1. The fourth-order valence-electron chi connectivity index (χ4n) is 4.20. The van der Waals surface area contributed by atoms with Crippen LogP contribution in [0.15, 0.2) is 0 Å². The second kappa shape index (κ2) is 5.36. The fraction of sp³-hybridized carbons (Fsp3) is 0.750. The molecule has 21 heavy (non-hydrogen) atoms. The minimum atomic E-state index is -0.232. The summed E-state index contributed by atoms with van der Waals surface area (Å²) < 4.78 is 0. The SMILES string of the molecule is O=C1NCCCC12CCCN2Cc1nc2c(s1)CCCC2. The molecule has 1 aromatic heterocycles. The van der Waals surface area contributed by atoms with E-state index in [1.807, 2.05) is 11.3 Å². The van der Waals surface area contributed by atoms with E-state index in [4.69, 9.17) is 4.98 Å². The van der Waals surface area contributed by atoms with Gasteiger partial charge in [-0.1, -0.05) is 0 Å². The van der Waals surface area contributed by atoms with E-state index in [0.29, 0.717) is 0 Å². The summed E-state index contributed by atoms with van der Waals surface area (Å²) in [5, 5.41) is 4.31. The van der Waals surface area contributed by atoms with Crippen molar-refractivity contribution in [3.05, 3.63) is 15.6 Å². The Kier molecular flexibility index (Phi) is 3.50. The quantitative estimate of drug-likeness (QED) is 0.911. The maximum atomic E-state index is 12.4. The number of fused-ring (bicyclic) bond motifs is 1. The Morgan fingerprint density at radius 3 is 2.90 bits per heavy atom. The van der Waals surface area contributed by atoms with Crippen molar-refractivity contribution in [3.8, 4) is 0 Å². The number of carbonyl (C=O) groups excluding carboxylic acids is 1. The molecule has 0 radical (unpaired) electrons. The number of nitrogens with zero attached hydrogens (tertiary/aromatic N) is 2. The molecular weight excluding hydrogens is 282 g/mol. The van der Waals surface area contributed by atoms with Crippen LogP contribution in [-0.2, 0) is 24.2 Å². The van der Waals surface area contributed by atoms with E-state index in [1.54, 1.807) is 0 Å². The van der Waals surface area contributed by atoms with Crippen molar-refractivity contribution >= 4 is 17.2 Å². The average Bonchev–Trinajstić information content (AvgIpc) is 3.07. The zero-order chi connectivity index (χ0) is 14.3. The number of aryl methyl sites for hydroxylation is 2. The van der Waals surface area contributed by atoms with Gasteiger partial charge in [-0.25, -0.2) is 4.98 Å². The van der Waals surface area contributed by atoms with Crippen LogP contribution in [-0.4, -0.2) is 34.4 Å². The van der Waals surface area contributed by atoms with Crippen LogP contribution in [0.3, 0.4) is 0 Å². The van der Waals surface area contributed by atoms with Crippen LogP contribution in [0.25, 0.3) is 0 Å². The van der Waals surface area contributed by atoms with Gasteiger partial charge in [-0.05, 0) is 57.9 Å². The van der Waals surface area contributed by atoms with Crippen LogP contribution in [0.4, 0.5) is 0 Å². The Labute approximate surface area is 129 Å². The van der Waals surface area contributed by atoms with E-state index in [1.165, 1.54) is 34.8 Å². The lowest BCUT2D eigenvalue weighted by Crippen LogP contribution is -2.58. The number of nitrogens with one attached hydrogen (secondary N) is 1. The molecule has 1 atom stereocenters. The minimum absolute atomic E-state index is 0.232. The average molecular weight is 305 g/mol. The molecular formula is C16H23N3OS. The van der Waals surface area contributed by atoms with Crippen molar-refractivity contribution in [2.24, 2.45) is 0 Å². The number of piperidine rings is 1. The molecule has 2 saturated heterocycles. The summed E-state index contributed by atoms with van der Waals surface area (Å²) in [7, 11) is 0. The number of carbonyl (C=O) groups is 1.